The largest absolute Gasteiger partial charge is 0.480 e. The minimum Gasteiger partial charge on any atom is -0.480 e. The number of amides is 2. The summed E-state index contributed by atoms with van der Waals surface area (Å²) in [6.45, 7) is 3.98. The number of nitrogens with zero attached hydrogens (tertiary/aromatic N) is 3. The fourth-order valence-corrected chi connectivity index (χ4v) is 4.28. The monoisotopic (exact) mass is 330 g/mol. The Balaban J connectivity index is 2.10. The Labute approximate surface area is 131 Å². The second-order valence-corrected chi connectivity index (χ2v) is 6.90. The first-order valence-electron chi connectivity index (χ1n) is 6.82. The van der Waals surface area contributed by atoms with E-state index in [-0.39, 0.29) is 5.37 Å². The molecule has 7 nitrogen and oxygen atoms in total. The molecule has 2 heterocycles. The van der Waals surface area contributed by atoms with Gasteiger partial charge in [-0.25, -0.2) is 9.59 Å². The summed E-state index contributed by atoms with van der Waals surface area (Å²) < 4.78 is 0. The molecule has 0 aliphatic carbocycles. The van der Waals surface area contributed by atoms with Crippen molar-refractivity contribution >= 4 is 40.2 Å². The summed E-state index contributed by atoms with van der Waals surface area (Å²) in [5, 5.41) is 20.9. The first kappa shape index (κ1) is 16.0. The van der Waals surface area contributed by atoms with E-state index >= 15 is 0 Å². The molecule has 2 atom stereocenters. The summed E-state index contributed by atoms with van der Waals surface area (Å²) in [6.07, 6.45) is 2.42. The van der Waals surface area contributed by atoms with Gasteiger partial charge < -0.3 is 5.11 Å². The topological polar surface area (TPSA) is 95.4 Å². The molecule has 9 heteroatoms. The van der Waals surface area contributed by atoms with E-state index in [0.717, 1.165) is 24.3 Å². The highest BCUT2D eigenvalue weighted by atomic mass is 32.2. The molecule has 21 heavy (non-hydrogen) atoms. The van der Waals surface area contributed by atoms with Crippen LogP contribution in [0.15, 0.2) is 0 Å². The normalized spacial score (nSPS) is 21.5. The van der Waals surface area contributed by atoms with Gasteiger partial charge in [0.1, 0.15) is 11.0 Å². The van der Waals surface area contributed by atoms with Gasteiger partial charge in [-0.15, -0.1) is 22.0 Å². The van der Waals surface area contributed by atoms with Crippen molar-refractivity contribution in [1.82, 2.24) is 15.1 Å². The van der Waals surface area contributed by atoms with Crippen LogP contribution in [0.25, 0.3) is 0 Å². The highest BCUT2D eigenvalue weighted by molar-refractivity contribution is 8.00. The molecule has 1 aromatic rings. The third kappa shape index (κ3) is 3.65. The number of rotatable bonds is 5. The molecular weight excluding hydrogens is 312 g/mol. The van der Waals surface area contributed by atoms with Crippen molar-refractivity contribution in [2.24, 2.45) is 0 Å². The molecule has 116 valence electrons. The van der Waals surface area contributed by atoms with Crippen LogP contribution in [0.5, 0.6) is 0 Å². The zero-order valence-corrected chi connectivity index (χ0v) is 13.5. The fourth-order valence-electron chi connectivity index (χ4n) is 2.10. The van der Waals surface area contributed by atoms with Gasteiger partial charge in [0.2, 0.25) is 5.13 Å². The SMILES string of the molecule is CCCC1SCC(C(=O)O)N1C(=O)Nc1nnc(CC)s1. The number of aromatic nitrogens is 2. The molecule has 0 spiro atoms. The minimum absolute atomic E-state index is 0.102. The molecular formula is C12H18N4O3S2. The van der Waals surface area contributed by atoms with Crippen molar-refractivity contribution in [1.29, 1.82) is 0 Å². The van der Waals surface area contributed by atoms with Crippen LogP contribution in [0, 0.1) is 0 Å². The highest BCUT2D eigenvalue weighted by Gasteiger charge is 2.41. The predicted molar refractivity (Wildman–Crippen MR) is 82.7 cm³/mol. The van der Waals surface area contributed by atoms with Gasteiger partial charge in [0.25, 0.3) is 0 Å². The molecule has 0 saturated carbocycles. The van der Waals surface area contributed by atoms with Crippen molar-refractivity contribution in [3.63, 3.8) is 0 Å². The molecule has 0 aromatic carbocycles. The molecule has 2 unspecified atom stereocenters. The molecule has 1 aliphatic heterocycles. The second kappa shape index (κ2) is 7.08. The third-order valence-corrected chi connectivity index (χ3v) is 5.47. The van der Waals surface area contributed by atoms with E-state index in [1.165, 1.54) is 28.0 Å². The first-order valence-corrected chi connectivity index (χ1v) is 8.69. The van der Waals surface area contributed by atoms with Gasteiger partial charge in [-0.1, -0.05) is 31.6 Å². The van der Waals surface area contributed by atoms with Crippen LogP contribution >= 0.6 is 23.1 Å². The summed E-state index contributed by atoms with van der Waals surface area (Å²) in [6, 6.07) is -1.20. The number of thioether (sulfide) groups is 1. The Morgan fingerprint density at radius 2 is 2.19 bits per heavy atom. The summed E-state index contributed by atoms with van der Waals surface area (Å²) in [5.74, 6) is -0.549. The van der Waals surface area contributed by atoms with Gasteiger partial charge in [-0.2, -0.15) is 0 Å². The zero-order valence-electron chi connectivity index (χ0n) is 11.9. The predicted octanol–water partition coefficient (Wildman–Crippen LogP) is 2.26. The average Bonchev–Trinajstić information content (AvgIpc) is 3.05. The number of aliphatic carboxylic acids is 1. The molecule has 1 aliphatic rings. The van der Waals surface area contributed by atoms with Crippen molar-refractivity contribution in [3.8, 4) is 0 Å². The lowest BCUT2D eigenvalue weighted by molar-refractivity contribution is -0.141. The zero-order chi connectivity index (χ0) is 15.4. The van der Waals surface area contributed by atoms with Crippen LogP contribution in [0.4, 0.5) is 9.93 Å². The number of hydrogen-bond acceptors (Lipinski definition) is 6. The first-order chi connectivity index (χ1) is 10.1. The van der Waals surface area contributed by atoms with Gasteiger partial charge in [-0.05, 0) is 12.8 Å². The summed E-state index contributed by atoms with van der Waals surface area (Å²) >= 11 is 2.82. The molecule has 2 rings (SSSR count). The molecule has 2 N–H and O–H groups in total. The van der Waals surface area contributed by atoms with Gasteiger partial charge >= 0.3 is 12.0 Å². The number of hydrogen-bond donors (Lipinski definition) is 2. The maximum atomic E-state index is 12.4. The van der Waals surface area contributed by atoms with E-state index < -0.39 is 18.0 Å². The van der Waals surface area contributed by atoms with Crippen LogP contribution in [0.1, 0.15) is 31.7 Å². The molecule has 1 saturated heterocycles. The van der Waals surface area contributed by atoms with E-state index in [4.69, 9.17) is 0 Å². The third-order valence-electron chi connectivity index (χ3n) is 3.13. The number of carbonyl (C=O) groups excluding carboxylic acids is 1. The number of carboxylic acid groups (broad SMARTS) is 1. The Morgan fingerprint density at radius 1 is 1.43 bits per heavy atom. The van der Waals surface area contributed by atoms with Crippen LogP contribution < -0.4 is 5.32 Å². The maximum Gasteiger partial charge on any atom is 0.327 e. The Morgan fingerprint density at radius 3 is 2.76 bits per heavy atom. The lowest BCUT2D eigenvalue weighted by Crippen LogP contribution is -2.47. The molecule has 0 radical (unpaired) electrons. The molecule has 2 amide bonds. The fraction of sp³-hybridized carbons (Fsp3) is 0.667. The van der Waals surface area contributed by atoms with Crippen LogP contribution in [0.3, 0.4) is 0 Å². The standard InChI is InChI=1S/C12H18N4O3S2/c1-3-5-9-16(7(6-20-9)10(17)18)12(19)13-11-15-14-8(4-2)21-11/h7,9H,3-6H2,1-2H3,(H,17,18)(H,13,15,19). The van der Waals surface area contributed by atoms with Crippen molar-refractivity contribution in [3.05, 3.63) is 5.01 Å². The lowest BCUT2D eigenvalue weighted by atomic mass is 10.2. The smallest absolute Gasteiger partial charge is 0.327 e. The quantitative estimate of drug-likeness (QED) is 0.860. The number of urea groups is 1. The number of nitrogens with one attached hydrogen (secondary N) is 1. The van der Waals surface area contributed by atoms with E-state index in [1.54, 1.807) is 0 Å². The Hall–Kier alpha value is -1.35. The van der Waals surface area contributed by atoms with Crippen LogP contribution in [-0.2, 0) is 11.2 Å². The van der Waals surface area contributed by atoms with E-state index in [2.05, 4.69) is 15.5 Å². The minimum atomic E-state index is -0.970. The highest BCUT2D eigenvalue weighted by Crippen LogP contribution is 2.33. The van der Waals surface area contributed by atoms with E-state index in [1.807, 2.05) is 13.8 Å². The maximum absolute atomic E-state index is 12.4. The van der Waals surface area contributed by atoms with Crippen molar-refractivity contribution < 1.29 is 14.7 Å². The summed E-state index contributed by atoms with van der Waals surface area (Å²) in [5.41, 5.74) is 0. The van der Waals surface area contributed by atoms with Gasteiger partial charge in [0.05, 0.1) is 5.37 Å². The number of carboxylic acids is 1. The molecule has 0 bridgehead atoms. The lowest BCUT2D eigenvalue weighted by Gasteiger charge is -2.26. The summed E-state index contributed by atoms with van der Waals surface area (Å²) in [4.78, 5) is 25.1. The van der Waals surface area contributed by atoms with E-state index in [0.29, 0.717) is 10.9 Å². The Bertz CT molecular complexity index is 522. The average molecular weight is 330 g/mol. The molecule has 1 aromatic heterocycles. The van der Waals surface area contributed by atoms with Crippen molar-refractivity contribution in [2.75, 3.05) is 11.1 Å². The number of anilines is 1. The number of aryl methyl sites for hydroxylation is 1. The van der Waals surface area contributed by atoms with E-state index in [9.17, 15) is 14.7 Å². The van der Waals surface area contributed by atoms with Gasteiger partial charge in [-0.3, -0.25) is 10.2 Å². The Kier molecular flexibility index (Phi) is 5.40. The van der Waals surface area contributed by atoms with Gasteiger partial charge in [0, 0.05) is 5.75 Å². The van der Waals surface area contributed by atoms with Crippen LogP contribution in [-0.4, -0.2) is 49.4 Å². The van der Waals surface area contributed by atoms with Gasteiger partial charge in [0.15, 0.2) is 0 Å². The number of carbonyl (C=O) groups is 2. The van der Waals surface area contributed by atoms with Crippen LogP contribution in [0.2, 0.25) is 0 Å². The molecule has 1 fully saturated rings. The summed E-state index contributed by atoms with van der Waals surface area (Å²) in [7, 11) is 0. The second-order valence-electron chi connectivity index (χ2n) is 4.62. The van der Waals surface area contributed by atoms with Crippen molar-refractivity contribution in [2.45, 2.75) is 44.5 Å².